The highest BCUT2D eigenvalue weighted by molar-refractivity contribution is 5.40. The summed E-state index contributed by atoms with van der Waals surface area (Å²) in [7, 11) is 1.75. The first-order valence-electron chi connectivity index (χ1n) is 8.42. The van der Waals surface area contributed by atoms with E-state index in [-0.39, 0.29) is 0 Å². The first-order valence-corrected chi connectivity index (χ1v) is 8.42. The summed E-state index contributed by atoms with van der Waals surface area (Å²) in [5.74, 6) is 0.978. The molecule has 1 saturated heterocycles. The Bertz CT molecular complexity index is 468. The van der Waals surface area contributed by atoms with Gasteiger partial charge in [-0.05, 0) is 69.0 Å². The molecule has 0 radical (unpaired) electrons. The van der Waals surface area contributed by atoms with Crippen LogP contribution in [0.3, 0.4) is 0 Å². The number of methoxy groups -OCH3 is 1. The van der Waals surface area contributed by atoms with Crippen LogP contribution >= 0.6 is 0 Å². The lowest BCUT2D eigenvalue weighted by atomic mass is 10.1. The Morgan fingerprint density at radius 2 is 2.10 bits per heavy atom. The molecule has 0 amide bonds. The number of aryl methyl sites for hydroxylation is 1. The molecule has 2 unspecified atom stereocenters. The Hall–Kier alpha value is -1.06. The van der Waals surface area contributed by atoms with Crippen molar-refractivity contribution >= 4 is 0 Å². The molecular weight excluding hydrogens is 260 g/mol. The molecule has 2 atom stereocenters. The predicted octanol–water partition coefficient (Wildman–Crippen LogP) is 3.15. The van der Waals surface area contributed by atoms with E-state index in [0.717, 1.165) is 12.3 Å². The summed E-state index contributed by atoms with van der Waals surface area (Å²) in [6.07, 6.45) is 6.55. The van der Waals surface area contributed by atoms with E-state index in [4.69, 9.17) is 4.74 Å². The molecule has 116 valence electrons. The quantitative estimate of drug-likeness (QED) is 0.901. The van der Waals surface area contributed by atoms with Gasteiger partial charge in [0, 0.05) is 18.6 Å². The van der Waals surface area contributed by atoms with Gasteiger partial charge in [-0.3, -0.25) is 4.90 Å². The molecule has 1 aliphatic carbocycles. The molecule has 0 aromatic heterocycles. The lowest BCUT2D eigenvalue weighted by Gasteiger charge is -2.33. The molecule has 0 bridgehead atoms. The Kier molecular flexibility index (Phi) is 4.81. The second-order valence-electron chi connectivity index (χ2n) is 6.51. The number of nitrogens with one attached hydrogen (secondary N) is 1. The van der Waals surface area contributed by atoms with E-state index in [2.05, 4.69) is 35.3 Å². The minimum Gasteiger partial charge on any atom is -0.497 e. The number of piperidine rings is 1. The highest BCUT2D eigenvalue weighted by Gasteiger charge is 2.24. The van der Waals surface area contributed by atoms with E-state index in [9.17, 15) is 0 Å². The van der Waals surface area contributed by atoms with Gasteiger partial charge in [-0.15, -0.1) is 0 Å². The van der Waals surface area contributed by atoms with Crippen LogP contribution in [0.1, 0.15) is 49.8 Å². The fraction of sp³-hybridized carbons (Fsp3) is 0.667. The molecule has 1 aromatic rings. The molecule has 1 fully saturated rings. The largest absolute Gasteiger partial charge is 0.497 e. The lowest BCUT2D eigenvalue weighted by Crippen LogP contribution is -2.43. The van der Waals surface area contributed by atoms with E-state index in [1.54, 1.807) is 7.11 Å². The van der Waals surface area contributed by atoms with Crippen molar-refractivity contribution in [3.8, 4) is 5.75 Å². The number of hydrogen-bond acceptors (Lipinski definition) is 3. The van der Waals surface area contributed by atoms with E-state index in [0.29, 0.717) is 12.1 Å². The van der Waals surface area contributed by atoms with Crippen molar-refractivity contribution in [1.29, 1.82) is 0 Å². The van der Waals surface area contributed by atoms with E-state index < -0.39 is 0 Å². The average Bonchev–Trinajstić information content (AvgIpc) is 2.95. The van der Waals surface area contributed by atoms with Crippen LogP contribution in [0, 0.1) is 0 Å². The van der Waals surface area contributed by atoms with Gasteiger partial charge in [0.25, 0.3) is 0 Å². The second-order valence-corrected chi connectivity index (χ2v) is 6.51. The van der Waals surface area contributed by atoms with Crippen LogP contribution in [0.15, 0.2) is 18.2 Å². The molecular formula is C18H28N2O. The normalized spacial score (nSPS) is 23.8. The van der Waals surface area contributed by atoms with Gasteiger partial charge in [0.2, 0.25) is 0 Å². The van der Waals surface area contributed by atoms with Crippen LogP contribution in [-0.4, -0.2) is 37.7 Å². The monoisotopic (exact) mass is 288 g/mol. The molecule has 1 N–H and O–H groups in total. The second kappa shape index (κ2) is 6.80. The van der Waals surface area contributed by atoms with Crippen molar-refractivity contribution in [3.05, 3.63) is 29.3 Å². The number of ether oxygens (including phenoxy) is 1. The third-order valence-electron chi connectivity index (χ3n) is 5.10. The summed E-state index contributed by atoms with van der Waals surface area (Å²) in [5, 5.41) is 3.79. The topological polar surface area (TPSA) is 24.5 Å². The molecule has 3 rings (SSSR count). The minimum absolute atomic E-state index is 0.502. The van der Waals surface area contributed by atoms with Gasteiger partial charge >= 0.3 is 0 Å². The minimum atomic E-state index is 0.502. The van der Waals surface area contributed by atoms with Crippen LogP contribution in [0.2, 0.25) is 0 Å². The first kappa shape index (κ1) is 14.9. The lowest BCUT2D eigenvalue weighted by molar-refractivity contribution is 0.168. The molecule has 0 saturated carbocycles. The Balaban J connectivity index is 1.57. The molecule has 21 heavy (non-hydrogen) atoms. The Morgan fingerprint density at radius 3 is 2.86 bits per heavy atom. The van der Waals surface area contributed by atoms with Crippen molar-refractivity contribution in [2.24, 2.45) is 0 Å². The standard InChI is InChI=1S/C18H28N2O/c1-14(20-10-4-3-5-11-20)13-19-18-9-7-15-6-8-16(21-2)12-17(15)18/h6,8,12,14,18-19H,3-5,7,9-11,13H2,1-2H3. The number of rotatable bonds is 5. The van der Waals surface area contributed by atoms with Gasteiger partial charge in [0.1, 0.15) is 5.75 Å². The van der Waals surface area contributed by atoms with Gasteiger partial charge in [-0.2, -0.15) is 0 Å². The number of nitrogens with zero attached hydrogens (tertiary/aromatic N) is 1. The number of hydrogen-bond donors (Lipinski definition) is 1. The Labute approximate surface area is 128 Å². The van der Waals surface area contributed by atoms with Crippen LogP contribution < -0.4 is 10.1 Å². The van der Waals surface area contributed by atoms with Crippen molar-refractivity contribution in [1.82, 2.24) is 10.2 Å². The van der Waals surface area contributed by atoms with Crippen LogP contribution in [-0.2, 0) is 6.42 Å². The molecule has 3 nitrogen and oxygen atoms in total. The van der Waals surface area contributed by atoms with Gasteiger partial charge < -0.3 is 10.1 Å². The summed E-state index contributed by atoms with van der Waals surface area (Å²) in [5.41, 5.74) is 2.93. The smallest absolute Gasteiger partial charge is 0.119 e. The average molecular weight is 288 g/mol. The van der Waals surface area contributed by atoms with E-state index >= 15 is 0 Å². The molecule has 3 heteroatoms. The summed E-state index contributed by atoms with van der Waals surface area (Å²) in [6, 6.07) is 7.66. The SMILES string of the molecule is COc1ccc2c(c1)C(NCC(C)N1CCCCC1)CC2. The van der Waals surface area contributed by atoms with E-state index in [1.807, 2.05) is 0 Å². The van der Waals surface area contributed by atoms with Crippen LogP contribution in [0.25, 0.3) is 0 Å². The third kappa shape index (κ3) is 3.41. The zero-order valence-electron chi connectivity index (χ0n) is 13.4. The fourth-order valence-corrected chi connectivity index (χ4v) is 3.72. The molecule has 0 spiro atoms. The highest BCUT2D eigenvalue weighted by Crippen LogP contribution is 2.33. The summed E-state index contributed by atoms with van der Waals surface area (Å²) in [4.78, 5) is 2.64. The number of likely N-dealkylation sites (tertiary alicyclic amines) is 1. The van der Waals surface area contributed by atoms with Crippen molar-refractivity contribution in [3.63, 3.8) is 0 Å². The molecule has 1 heterocycles. The maximum absolute atomic E-state index is 5.37. The summed E-state index contributed by atoms with van der Waals surface area (Å²) < 4.78 is 5.37. The zero-order valence-corrected chi connectivity index (χ0v) is 13.4. The highest BCUT2D eigenvalue weighted by atomic mass is 16.5. The van der Waals surface area contributed by atoms with E-state index in [1.165, 1.54) is 56.3 Å². The van der Waals surface area contributed by atoms with Crippen LogP contribution in [0.4, 0.5) is 0 Å². The first-order chi connectivity index (χ1) is 10.3. The Morgan fingerprint density at radius 1 is 1.29 bits per heavy atom. The van der Waals surface area contributed by atoms with Crippen molar-refractivity contribution < 1.29 is 4.74 Å². The predicted molar refractivity (Wildman–Crippen MR) is 86.9 cm³/mol. The summed E-state index contributed by atoms with van der Waals surface area (Å²) in [6.45, 7) is 6.00. The van der Waals surface area contributed by atoms with Gasteiger partial charge in [0.05, 0.1) is 7.11 Å². The number of benzene rings is 1. The molecule has 2 aliphatic rings. The third-order valence-corrected chi connectivity index (χ3v) is 5.10. The maximum Gasteiger partial charge on any atom is 0.119 e. The number of fused-ring (bicyclic) bond motifs is 1. The van der Waals surface area contributed by atoms with Gasteiger partial charge in [-0.1, -0.05) is 12.5 Å². The van der Waals surface area contributed by atoms with Crippen molar-refractivity contribution in [2.45, 2.75) is 51.1 Å². The summed E-state index contributed by atoms with van der Waals surface area (Å²) >= 11 is 0. The zero-order chi connectivity index (χ0) is 14.7. The maximum atomic E-state index is 5.37. The van der Waals surface area contributed by atoms with Gasteiger partial charge in [-0.25, -0.2) is 0 Å². The van der Waals surface area contributed by atoms with Crippen molar-refractivity contribution in [2.75, 3.05) is 26.7 Å². The molecule has 1 aliphatic heterocycles. The van der Waals surface area contributed by atoms with Crippen LogP contribution in [0.5, 0.6) is 5.75 Å². The molecule has 1 aromatic carbocycles. The fourth-order valence-electron chi connectivity index (χ4n) is 3.72. The van der Waals surface area contributed by atoms with Gasteiger partial charge in [0.15, 0.2) is 0 Å².